The molecule has 0 bridgehead atoms. The average Bonchev–Trinajstić information content (AvgIpc) is 2.83. The minimum atomic E-state index is -0.826. The van der Waals surface area contributed by atoms with E-state index in [0.29, 0.717) is 18.2 Å². The van der Waals surface area contributed by atoms with Crippen molar-refractivity contribution in [2.75, 3.05) is 0 Å². The summed E-state index contributed by atoms with van der Waals surface area (Å²) < 4.78 is 1.86. The van der Waals surface area contributed by atoms with Crippen LogP contribution < -0.4 is 0 Å². The third kappa shape index (κ3) is 1.58. The van der Waals surface area contributed by atoms with Gasteiger partial charge in [0, 0.05) is 0 Å². The van der Waals surface area contributed by atoms with Gasteiger partial charge in [-0.05, 0) is 26.2 Å². The van der Waals surface area contributed by atoms with Crippen LogP contribution in [0.4, 0.5) is 0 Å². The summed E-state index contributed by atoms with van der Waals surface area (Å²) in [6.45, 7) is 3.71. The Balaban J connectivity index is 2.20. The first-order valence-corrected chi connectivity index (χ1v) is 4.78. The van der Waals surface area contributed by atoms with Crippen LogP contribution in [0.1, 0.15) is 44.8 Å². The van der Waals surface area contributed by atoms with Crippen molar-refractivity contribution in [3.8, 4) is 0 Å². The summed E-state index contributed by atoms with van der Waals surface area (Å²) in [5.74, 6) is 0. The highest BCUT2D eigenvalue weighted by molar-refractivity contribution is 5.05. The summed E-state index contributed by atoms with van der Waals surface area (Å²) in [7, 11) is 0. The number of nitrogens with zero attached hydrogens (tertiary/aromatic N) is 3. The molecule has 0 aliphatic heterocycles. The van der Waals surface area contributed by atoms with Gasteiger partial charge in [-0.2, -0.15) is 0 Å². The summed E-state index contributed by atoms with van der Waals surface area (Å²) in [6.07, 6.45) is 4.91. The first kappa shape index (κ1) is 8.69. The lowest BCUT2D eigenvalue weighted by Gasteiger charge is -2.16. The molecule has 1 aromatic heterocycles. The number of rotatable bonds is 3. The van der Waals surface area contributed by atoms with Crippen molar-refractivity contribution in [1.82, 2.24) is 15.0 Å². The lowest BCUT2D eigenvalue weighted by atomic mass is 10.0. The number of aliphatic hydroxyl groups is 1. The molecule has 1 N–H and O–H groups in total. The second-order valence-electron chi connectivity index (χ2n) is 3.94. The maximum Gasteiger partial charge on any atom is 0.114 e. The van der Waals surface area contributed by atoms with Crippen molar-refractivity contribution in [1.29, 1.82) is 0 Å². The Morgan fingerprint density at radius 2 is 2.38 bits per heavy atom. The van der Waals surface area contributed by atoms with Crippen LogP contribution in [0.15, 0.2) is 6.20 Å². The Bertz CT molecular complexity index is 302. The zero-order chi connectivity index (χ0) is 9.47. The smallest absolute Gasteiger partial charge is 0.114 e. The van der Waals surface area contributed by atoms with Crippen LogP contribution in [0.5, 0.6) is 0 Å². The monoisotopic (exact) mass is 181 g/mol. The second kappa shape index (κ2) is 2.80. The number of hydrogen-bond acceptors (Lipinski definition) is 3. The molecule has 2 rings (SSSR count). The van der Waals surface area contributed by atoms with Crippen molar-refractivity contribution >= 4 is 0 Å². The quantitative estimate of drug-likeness (QED) is 0.763. The molecule has 4 nitrogen and oxygen atoms in total. The molecular weight excluding hydrogens is 166 g/mol. The molecule has 1 aliphatic rings. The van der Waals surface area contributed by atoms with Gasteiger partial charge in [-0.1, -0.05) is 12.1 Å². The van der Waals surface area contributed by atoms with Crippen LogP contribution in [0.25, 0.3) is 0 Å². The molecule has 1 aliphatic carbocycles. The Morgan fingerprint density at radius 1 is 1.69 bits per heavy atom. The van der Waals surface area contributed by atoms with E-state index in [0.717, 1.165) is 0 Å². The Kier molecular flexibility index (Phi) is 1.87. The fraction of sp³-hybridized carbons (Fsp3) is 0.778. The van der Waals surface area contributed by atoms with Crippen LogP contribution in [0, 0.1) is 0 Å². The fourth-order valence-corrected chi connectivity index (χ4v) is 1.22. The van der Waals surface area contributed by atoms with Gasteiger partial charge in [0.1, 0.15) is 11.3 Å². The van der Waals surface area contributed by atoms with Gasteiger partial charge in [0.05, 0.1) is 12.2 Å². The molecular formula is C9H15N3O. The van der Waals surface area contributed by atoms with Crippen molar-refractivity contribution in [3.05, 3.63) is 11.9 Å². The van der Waals surface area contributed by atoms with E-state index in [2.05, 4.69) is 10.3 Å². The Labute approximate surface area is 77.6 Å². The van der Waals surface area contributed by atoms with E-state index in [1.54, 1.807) is 6.92 Å². The topological polar surface area (TPSA) is 50.9 Å². The second-order valence-corrected chi connectivity index (χ2v) is 3.94. The summed E-state index contributed by atoms with van der Waals surface area (Å²) in [4.78, 5) is 0. The normalized spacial score (nSPS) is 21.5. The lowest BCUT2D eigenvalue weighted by Crippen LogP contribution is -2.20. The highest BCUT2D eigenvalue weighted by Gasteiger charge is 2.29. The SMILES string of the molecule is CCC(C)(O)c1cn(C2CC2)nn1. The minimum Gasteiger partial charge on any atom is -0.384 e. The van der Waals surface area contributed by atoms with E-state index < -0.39 is 5.60 Å². The van der Waals surface area contributed by atoms with Gasteiger partial charge in [-0.15, -0.1) is 5.10 Å². The summed E-state index contributed by atoms with van der Waals surface area (Å²) in [6, 6.07) is 0.536. The van der Waals surface area contributed by atoms with E-state index in [1.165, 1.54) is 12.8 Å². The zero-order valence-corrected chi connectivity index (χ0v) is 8.06. The number of hydrogen-bond donors (Lipinski definition) is 1. The summed E-state index contributed by atoms with van der Waals surface area (Å²) in [5.41, 5.74) is -0.144. The highest BCUT2D eigenvalue weighted by Crippen LogP contribution is 2.34. The lowest BCUT2D eigenvalue weighted by molar-refractivity contribution is 0.0484. The molecule has 0 radical (unpaired) electrons. The van der Waals surface area contributed by atoms with E-state index in [4.69, 9.17) is 0 Å². The highest BCUT2D eigenvalue weighted by atomic mass is 16.3. The molecule has 1 unspecified atom stereocenters. The van der Waals surface area contributed by atoms with Crippen molar-refractivity contribution < 1.29 is 5.11 Å². The molecule has 72 valence electrons. The maximum absolute atomic E-state index is 9.89. The first-order chi connectivity index (χ1) is 6.13. The van der Waals surface area contributed by atoms with Crippen LogP contribution >= 0.6 is 0 Å². The summed E-state index contributed by atoms with van der Waals surface area (Å²) >= 11 is 0. The third-order valence-corrected chi connectivity index (χ3v) is 2.67. The fourth-order valence-electron chi connectivity index (χ4n) is 1.22. The maximum atomic E-state index is 9.89. The minimum absolute atomic E-state index is 0.536. The van der Waals surface area contributed by atoms with Gasteiger partial charge in [-0.25, -0.2) is 4.68 Å². The third-order valence-electron chi connectivity index (χ3n) is 2.67. The molecule has 0 saturated heterocycles. The van der Waals surface area contributed by atoms with Gasteiger partial charge < -0.3 is 5.11 Å². The molecule has 0 aromatic carbocycles. The van der Waals surface area contributed by atoms with Crippen LogP contribution in [0.2, 0.25) is 0 Å². The zero-order valence-electron chi connectivity index (χ0n) is 8.06. The van der Waals surface area contributed by atoms with Crippen molar-refractivity contribution in [3.63, 3.8) is 0 Å². The molecule has 1 fully saturated rings. The molecule has 1 atom stereocenters. The average molecular weight is 181 g/mol. The van der Waals surface area contributed by atoms with Crippen LogP contribution in [-0.4, -0.2) is 20.1 Å². The Hall–Kier alpha value is -0.900. The van der Waals surface area contributed by atoms with Gasteiger partial charge in [0.15, 0.2) is 0 Å². The standard InChI is InChI=1S/C9H15N3O/c1-3-9(2,13)8-6-12(11-10-8)7-4-5-7/h6-7,13H,3-5H2,1-2H3. The van der Waals surface area contributed by atoms with Gasteiger partial charge in [-0.3, -0.25) is 0 Å². The molecule has 13 heavy (non-hydrogen) atoms. The van der Waals surface area contributed by atoms with Crippen LogP contribution in [0.3, 0.4) is 0 Å². The first-order valence-electron chi connectivity index (χ1n) is 4.78. The van der Waals surface area contributed by atoms with E-state index in [-0.39, 0.29) is 0 Å². The molecule has 1 heterocycles. The largest absolute Gasteiger partial charge is 0.384 e. The molecule has 0 amide bonds. The number of aromatic nitrogens is 3. The molecule has 1 aromatic rings. The van der Waals surface area contributed by atoms with E-state index in [1.807, 2.05) is 17.8 Å². The molecule has 4 heteroatoms. The van der Waals surface area contributed by atoms with Crippen LogP contribution in [-0.2, 0) is 5.60 Å². The summed E-state index contributed by atoms with van der Waals surface area (Å²) in [5, 5.41) is 17.9. The molecule has 0 spiro atoms. The van der Waals surface area contributed by atoms with E-state index in [9.17, 15) is 5.11 Å². The predicted molar refractivity (Wildman–Crippen MR) is 48.2 cm³/mol. The Morgan fingerprint density at radius 3 is 2.92 bits per heavy atom. The van der Waals surface area contributed by atoms with Gasteiger partial charge in [0.25, 0.3) is 0 Å². The molecule has 1 saturated carbocycles. The van der Waals surface area contributed by atoms with Gasteiger partial charge in [0.2, 0.25) is 0 Å². The predicted octanol–water partition coefficient (Wildman–Crippen LogP) is 1.23. The van der Waals surface area contributed by atoms with Gasteiger partial charge >= 0.3 is 0 Å². The van der Waals surface area contributed by atoms with E-state index >= 15 is 0 Å². The van der Waals surface area contributed by atoms with Crippen molar-refractivity contribution in [2.45, 2.75) is 44.8 Å². The van der Waals surface area contributed by atoms with Crippen molar-refractivity contribution in [2.24, 2.45) is 0 Å².